The Bertz CT molecular complexity index is 560. The molecule has 1 saturated heterocycles. The molecule has 2 rings (SSSR count). The van der Waals surface area contributed by atoms with Crippen LogP contribution in [0, 0.1) is 5.41 Å². The van der Waals surface area contributed by atoms with Gasteiger partial charge in [0.1, 0.15) is 6.10 Å². The maximum atomic E-state index is 12.2. The Balaban J connectivity index is 2.11. The van der Waals surface area contributed by atoms with Crippen molar-refractivity contribution >= 4 is 10.0 Å². The Morgan fingerprint density at radius 2 is 2.20 bits per heavy atom. The van der Waals surface area contributed by atoms with E-state index in [1.54, 1.807) is 10.9 Å². The predicted molar refractivity (Wildman–Crippen MR) is 76.7 cm³/mol. The Morgan fingerprint density at radius 1 is 1.50 bits per heavy atom. The van der Waals surface area contributed by atoms with Crippen LogP contribution in [0.15, 0.2) is 12.3 Å². The summed E-state index contributed by atoms with van der Waals surface area (Å²) in [5.74, 6) is 0.106. The molecule has 1 N–H and O–H groups in total. The molecule has 1 aliphatic heterocycles. The van der Waals surface area contributed by atoms with Gasteiger partial charge in [0.2, 0.25) is 10.0 Å². The van der Waals surface area contributed by atoms with E-state index in [0.29, 0.717) is 13.0 Å². The summed E-state index contributed by atoms with van der Waals surface area (Å²) >= 11 is 0. The summed E-state index contributed by atoms with van der Waals surface area (Å²) in [6, 6.07) is 1.64. The van der Waals surface area contributed by atoms with Crippen LogP contribution in [0.1, 0.15) is 39.0 Å². The molecule has 1 aliphatic rings. The molecule has 0 spiro atoms. The molecule has 114 valence electrons. The van der Waals surface area contributed by atoms with Gasteiger partial charge >= 0.3 is 0 Å². The van der Waals surface area contributed by atoms with E-state index in [4.69, 9.17) is 4.74 Å². The molecule has 0 amide bonds. The first-order valence-corrected chi connectivity index (χ1v) is 8.43. The molecule has 20 heavy (non-hydrogen) atoms. The molecule has 1 aromatic rings. The number of hydrogen-bond acceptors (Lipinski definition) is 4. The fourth-order valence-electron chi connectivity index (χ4n) is 2.51. The third-order valence-corrected chi connectivity index (χ3v) is 5.10. The van der Waals surface area contributed by atoms with Crippen LogP contribution in [0.2, 0.25) is 0 Å². The van der Waals surface area contributed by atoms with E-state index in [1.165, 1.54) is 0 Å². The number of aryl methyl sites for hydroxylation is 1. The van der Waals surface area contributed by atoms with Crippen molar-refractivity contribution in [3.8, 4) is 0 Å². The summed E-state index contributed by atoms with van der Waals surface area (Å²) in [5.41, 5.74) is 0.624. The summed E-state index contributed by atoms with van der Waals surface area (Å²) in [5, 5.41) is 4.11. The Labute approximate surface area is 120 Å². The van der Waals surface area contributed by atoms with Crippen molar-refractivity contribution in [2.24, 2.45) is 12.5 Å². The predicted octanol–water partition coefficient (Wildman–Crippen LogP) is 1.22. The zero-order chi connectivity index (χ0) is 15.0. The van der Waals surface area contributed by atoms with Crippen LogP contribution in [-0.2, 0) is 21.8 Å². The molecule has 7 heteroatoms. The Kier molecular flexibility index (Phi) is 4.22. The van der Waals surface area contributed by atoms with Gasteiger partial charge in [-0.1, -0.05) is 20.8 Å². The minimum Gasteiger partial charge on any atom is -0.370 e. The number of hydrogen-bond donors (Lipinski definition) is 1. The van der Waals surface area contributed by atoms with E-state index < -0.39 is 10.0 Å². The van der Waals surface area contributed by atoms with Gasteiger partial charge in [-0.2, -0.15) is 5.10 Å². The summed E-state index contributed by atoms with van der Waals surface area (Å²) in [4.78, 5) is 0. The van der Waals surface area contributed by atoms with Crippen molar-refractivity contribution in [2.45, 2.75) is 39.3 Å². The minimum absolute atomic E-state index is 0.106. The molecule has 0 unspecified atom stereocenters. The van der Waals surface area contributed by atoms with Gasteiger partial charge in [-0.05, 0) is 17.9 Å². The molecule has 1 fully saturated rings. The average molecular weight is 301 g/mol. The van der Waals surface area contributed by atoms with Gasteiger partial charge in [0.15, 0.2) is 0 Å². The fourth-order valence-corrected chi connectivity index (χ4v) is 4.43. The monoisotopic (exact) mass is 301 g/mol. The lowest BCUT2D eigenvalue weighted by molar-refractivity contribution is 0.0958. The number of rotatable bonds is 4. The molecule has 2 atom stereocenters. The Morgan fingerprint density at radius 3 is 2.75 bits per heavy atom. The normalized spacial score (nSPS) is 24.2. The lowest BCUT2D eigenvalue weighted by atomic mass is 10.0. The number of sulfonamides is 1. The highest BCUT2D eigenvalue weighted by Gasteiger charge is 2.35. The van der Waals surface area contributed by atoms with Crippen molar-refractivity contribution in [2.75, 3.05) is 12.4 Å². The minimum atomic E-state index is -3.32. The smallest absolute Gasteiger partial charge is 0.212 e. The van der Waals surface area contributed by atoms with Crippen molar-refractivity contribution in [1.82, 2.24) is 14.5 Å². The molecular weight excluding hydrogens is 278 g/mol. The molecule has 2 heterocycles. The molecule has 1 aromatic heterocycles. The van der Waals surface area contributed by atoms with E-state index >= 15 is 0 Å². The van der Waals surface area contributed by atoms with Crippen molar-refractivity contribution in [3.63, 3.8) is 0 Å². The number of nitrogens with zero attached hydrogens (tertiary/aromatic N) is 2. The molecule has 0 aliphatic carbocycles. The molecule has 0 radical (unpaired) electrons. The van der Waals surface area contributed by atoms with Crippen LogP contribution in [0.4, 0.5) is 0 Å². The van der Waals surface area contributed by atoms with Crippen molar-refractivity contribution in [1.29, 1.82) is 0 Å². The van der Waals surface area contributed by atoms with Gasteiger partial charge in [0, 0.05) is 19.9 Å². The molecule has 0 bridgehead atoms. The van der Waals surface area contributed by atoms with E-state index in [1.807, 2.05) is 33.9 Å². The second-order valence-electron chi connectivity index (χ2n) is 6.50. The number of nitrogens with one attached hydrogen (secondary N) is 1. The highest BCUT2D eigenvalue weighted by atomic mass is 32.2. The third kappa shape index (κ3) is 3.80. The van der Waals surface area contributed by atoms with Gasteiger partial charge in [-0.25, -0.2) is 13.1 Å². The maximum absolute atomic E-state index is 12.2. The highest BCUT2D eigenvalue weighted by molar-refractivity contribution is 7.89. The third-order valence-electron chi connectivity index (χ3n) is 3.20. The van der Waals surface area contributed by atoms with E-state index in [-0.39, 0.29) is 23.3 Å². The first-order chi connectivity index (χ1) is 9.18. The standard InChI is InChI=1S/C13H23N3O3S/c1-13(2,3)9-20(17,18)15-10-6-8-19-12(10)11-5-7-14-16(11)4/h5,7,10,12,15H,6,8-9H2,1-4H3/t10-,12-/m0/s1. The van der Waals surface area contributed by atoms with Gasteiger partial charge in [0.25, 0.3) is 0 Å². The molecule has 0 saturated carbocycles. The van der Waals surface area contributed by atoms with Crippen molar-refractivity contribution in [3.05, 3.63) is 18.0 Å². The maximum Gasteiger partial charge on any atom is 0.212 e. The second kappa shape index (κ2) is 5.46. The molecular formula is C13H23N3O3S. The number of ether oxygens (including phenoxy) is 1. The average Bonchev–Trinajstić information content (AvgIpc) is 2.82. The topological polar surface area (TPSA) is 73.2 Å². The zero-order valence-electron chi connectivity index (χ0n) is 12.5. The Hall–Kier alpha value is -0.920. The lowest BCUT2D eigenvalue weighted by Crippen LogP contribution is -2.41. The largest absolute Gasteiger partial charge is 0.370 e. The lowest BCUT2D eigenvalue weighted by Gasteiger charge is -2.23. The fraction of sp³-hybridized carbons (Fsp3) is 0.769. The van der Waals surface area contributed by atoms with Crippen LogP contribution in [0.25, 0.3) is 0 Å². The van der Waals surface area contributed by atoms with Crippen LogP contribution in [0.5, 0.6) is 0 Å². The second-order valence-corrected chi connectivity index (χ2v) is 8.26. The van der Waals surface area contributed by atoms with Gasteiger partial charge < -0.3 is 4.74 Å². The van der Waals surface area contributed by atoms with E-state index in [0.717, 1.165) is 5.69 Å². The van der Waals surface area contributed by atoms with Gasteiger partial charge in [0.05, 0.1) is 17.5 Å². The van der Waals surface area contributed by atoms with Crippen LogP contribution >= 0.6 is 0 Å². The first kappa shape index (κ1) is 15.5. The first-order valence-electron chi connectivity index (χ1n) is 6.77. The van der Waals surface area contributed by atoms with Gasteiger partial charge in [-0.15, -0.1) is 0 Å². The van der Waals surface area contributed by atoms with Crippen LogP contribution < -0.4 is 4.72 Å². The summed E-state index contributed by atoms with van der Waals surface area (Å²) in [7, 11) is -1.49. The number of aromatic nitrogens is 2. The summed E-state index contributed by atoms with van der Waals surface area (Å²) in [6.07, 6.45) is 2.11. The van der Waals surface area contributed by atoms with E-state index in [2.05, 4.69) is 9.82 Å². The van der Waals surface area contributed by atoms with Crippen LogP contribution in [0.3, 0.4) is 0 Å². The molecule has 0 aromatic carbocycles. The van der Waals surface area contributed by atoms with E-state index in [9.17, 15) is 8.42 Å². The quantitative estimate of drug-likeness (QED) is 0.907. The summed E-state index contributed by atoms with van der Waals surface area (Å²) < 4.78 is 34.6. The van der Waals surface area contributed by atoms with Crippen LogP contribution in [-0.4, -0.2) is 36.6 Å². The van der Waals surface area contributed by atoms with Gasteiger partial charge in [-0.3, -0.25) is 4.68 Å². The highest BCUT2D eigenvalue weighted by Crippen LogP contribution is 2.29. The zero-order valence-corrected chi connectivity index (χ0v) is 13.3. The SMILES string of the molecule is Cn1nccc1[C@H]1OCC[C@@H]1NS(=O)(=O)CC(C)(C)C. The van der Waals surface area contributed by atoms with Crippen molar-refractivity contribution < 1.29 is 13.2 Å². The molecule has 6 nitrogen and oxygen atoms in total. The summed E-state index contributed by atoms with van der Waals surface area (Å²) in [6.45, 7) is 6.29.